The Morgan fingerprint density at radius 2 is 2.29 bits per heavy atom. The Morgan fingerprint density at radius 3 is 2.94 bits per heavy atom. The molecule has 0 radical (unpaired) electrons. The SMILES string of the molecule is CCOC(=O)c1ccc(F)cc1C#CCCN. The number of esters is 1. The van der Waals surface area contributed by atoms with Crippen molar-refractivity contribution in [2.75, 3.05) is 13.2 Å². The number of hydrogen-bond acceptors (Lipinski definition) is 3. The summed E-state index contributed by atoms with van der Waals surface area (Å²) in [6, 6.07) is 3.80. The molecule has 0 saturated heterocycles. The molecule has 0 heterocycles. The van der Waals surface area contributed by atoms with Gasteiger partial charge in [0.2, 0.25) is 0 Å². The second-order valence-electron chi connectivity index (χ2n) is 3.25. The van der Waals surface area contributed by atoms with Crippen molar-refractivity contribution >= 4 is 5.97 Å². The maximum Gasteiger partial charge on any atom is 0.339 e. The molecule has 0 unspecified atom stereocenters. The molecule has 0 bridgehead atoms. The second kappa shape index (κ2) is 6.66. The molecule has 0 aromatic heterocycles. The smallest absolute Gasteiger partial charge is 0.339 e. The van der Waals surface area contributed by atoms with Crippen LogP contribution in [0.25, 0.3) is 0 Å². The van der Waals surface area contributed by atoms with Crippen molar-refractivity contribution in [3.63, 3.8) is 0 Å². The number of carbonyl (C=O) groups excluding carboxylic acids is 1. The Bertz CT molecular complexity index is 460. The van der Waals surface area contributed by atoms with Gasteiger partial charge in [0, 0.05) is 18.5 Å². The van der Waals surface area contributed by atoms with Gasteiger partial charge in [-0.3, -0.25) is 0 Å². The van der Waals surface area contributed by atoms with Gasteiger partial charge in [-0.25, -0.2) is 9.18 Å². The Kier molecular flexibility index (Phi) is 5.18. The molecule has 0 aliphatic carbocycles. The normalized spacial score (nSPS) is 9.35. The topological polar surface area (TPSA) is 52.3 Å². The largest absolute Gasteiger partial charge is 0.462 e. The van der Waals surface area contributed by atoms with Gasteiger partial charge in [0.05, 0.1) is 12.2 Å². The van der Waals surface area contributed by atoms with Crippen LogP contribution in [0.2, 0.25) is 0 Å². The van der Waals surface area contributed by atoms with Crippen LogP contribution in [0.15, 0.2) is 18.2 Å². The molecule has 1 rings (SSSR count). The van der Waals surface area contributed by atoms with Crippen molar-refractivity contribution in [3.05, 3.63) is 35.1 Å². The summed E-state index contributed by atoms with van der Waals surface area (Å²) in [6.07, 6.45) is 0.499. The van der Waals surface area contributed by atoms with Crippen molar-refractivity contribution < 1.29 is 13.9 Å². The number of rotatable bonds is 3. The average molecular weight is 235 g/mol. The third-order valence-corrected chi connectivity index (χ3v) is 1.97. The molecule has 0 aliphatic heterocycles. The molecule has 0 fully saturated rings. The number of hydrogen-bond donors (Lipinski definition) is 1. The summed E-state index contributed by atoms with van der Waals surface area (Å²) in [5.74, 6) is 4.56. The first-order valence-corrected chi connectivity index (χ1v) is 5.34. The van der Waals surface area contributed by atoms with Crippen LogP contribution in [0.3, 0.4) is 0 Å². The van der Waals surface area contributed by atoms with Gasteiger partial charge in [-0.2, -0.15) is 0 Å². The number of benzene rings is 1. The first-order valence-electron chi connectivity index (χ1n) is 5.34. The van der Waals surface area contributed by atoms with E-state index in [-0.39, 0.29) is 12.2 Å². The molecule has 17 heavy (non-hydrogen) atoms. The summed E-state index contributed by atoms with van der Waals surface area (Å²) < 4.78 is 17.9. The minimum absolute atomic E-state index is 0.270. The van der Waals surface area contributed by atoms with E-state index in [1.807, 2.05) is 0 Å². The van der Waals surface area contributed by atoms with Crippen LogP contribution in [0.1, 0.15) is 29.3 Å². The summed E-state index contributed by atoms with van der Waals surface area (Å²) in [7, 11) is 0. The van der Waals surface area contributed by atoms with Gasteiger partial charge in [0.1, 0.15) is 5.82 Å². The van der Waals surface area contributed by atoms with Crippen LogP contribution in [-0.2, 0) is 4.74 Å². The van der Waals surface area contributed by atoms with Crippen LogP contribution >= 0.6 is 0 Å². The van der Waals surface area contributed by atoms with Crippen LogP contribution in [0, 0.1) is 17.7 Å². The standard InChI is InChI=1S/C13H14FNO2/c1-2-17-13(16)12-7-6-11(14)9-10(12)5-3-4-8-15/h6-7,9H,2,4,8,15H2,1H3. The highest BCUT2D eigenvalue weighted by Crippen LogP contribution is 2.11. The van der Waals surface area contributed by atoms with Crippen molar-refractivity contribution in [1.82, 2.24) is 0 Å². The zero-order valence-corrected chi connectivity index (χ0v) is 9.63. The molecule has 3 nitrogen and oxygen atoms in total. The highest BCUT2D eigenvalue weighted by molar-refractivity contribution is 5.92. The summed E-state index contributed by atoms with van der Waals surface area (Å²) in [5.41, 5.74) is 5.91. The molecule has 0 amide bonds. The van der Waals surface area contributed by atoms with E-state index in [2.05, 4.69) is 11.8 Å². The maximum atomic E-state index is 13.1. The van der Waals surface area contributed by atoms with Gasteiger partial charge >= 0.3 is 5.97 Å². The summed E-state index contributed by atoms with van der Waals surface area (Å²) in [6.45, 7) is 2.41. The molecule has 0 aliphatic rings. The van der Waals surface area contributed by atoms with E-state index in [1.165, 1.54) is 18.2 Å². The lowest BCUT2D eigenvalue weighted by Crippen LogP contribution is -2.07. The zero-order chi connectivity index (χ0) is 12.7. The van der Waals surface area contributed by atoms with Crippen molar-refractivity contribution in [2.24, 2.45) is 5.73 Å². The van der Waals surface area contributed by atoms with Gasteiger partial charge in [-0.05, 0) is 25.1 Å². The van der Waals surface area contributed by atoms with E-state index in [0.29, 0.717) is 18.5 Å². The third kappa shape index (κ3) is 3.89. The quantitative estimate of drug-likeness (QED) is 0.641. The first-order chi connectivity index (χ1) is 8.19. The van der Waals surface area contributed by atoms with Crippen LogP contribution in [0.5, 0.6) is 0 Å². The van der Waals surface area contributed by atoms with Crippen molar-refractivity contribution in [2.45, 2.75) is 13.3 Å². The lowest BCUT2D eigenvalue weighted by atomic mass is 10.1. The number of carbonyl (C=O) groups is 1. The lowest BCUT2D eigenvalue weighted by molar-refractivity contribution is 0.0526. The molecule has 2 N–H and O–H groups in total. The van der Waals surface area contributed by atoms with Gasteiger partial charge in [-0.15, -0.1) is 0 Å². The minimum atomic E-state index is -0.496. The van der Waals surface area contributed by atoms with Crippen LogP contribution < -0.4 is 5.73 Å². The van der Waals surface area contributed by atoms with Crippen molar-refractivity contribution in [3.8, 4) is 11.8 Å². The van der Waals surface area contributed by atoms with Crippen LogP contribution in [-0.4, -0.2) is 19.1 Å². The zero-order valence-electron chi connectivity index (χ0n) is 9.63. The minimum Gasteiger partial charge on any atom is -0.462 e. The Hall–Kier alpha value is -1.86. The van der Waals surface area contributed by atoms with Crippen molar-refractivity contribution in [1.29, 1.82) is 0 Å². The van der Waals surface area contributed by atoms with Gasteiger partial charge < -0.3 is 10.5 Å². The van der Waals surface area contributed by atoms with Gasteiger partial charge in [0.15, 0.2) is 0 Å². The highest BCUT2D eigenvalue weighted by atomic mass is 19.1. The Morgan fingerprint density at radius 1 is 1.53 bits per heavy atom. The fraction of sp³-hybridized carbons (Fsp3) is 0.308. The van der Waals surface area contributed by atoms with E-state index in [0.717, 1.165) is 0 Å². The lowest BCUT2D eigenvalue weighted by Gasteiger charge is -2.04. The van der Waals surface area contributed by atoms with E-state index >= 15 is 0 Å². The number of nitrogens with two attached hydrogens (primary N) is 1. The summed E-state index contributed by atoms with van der Waals surface area (Å²) >= 11 is 0. The molecule has 0 saturated carbocycles. The molecule has 0 atom stereocenters. The third-order valence-electron chi connectivity index (χ3n) is 1.97. The average Bonchev–Trinajstić information content (AvgIpc) is 2.30. The van der Waals surface area contributed by atoms with Gasteiger partial charge in [0.25, 0.3) is 0 Å². The molecule has 0 spiro atoms. The second-order valence-corrected chi connectivity index (χ2v) is 3.25. The maximum absolute atomic E-state index is 13.1. The molecular weight excluding hydrogens is 221 g/mol. The monoisotopic (exact) mass is 235 g/mol. The molecule has 4 heteroatoms. The first kappa shape index (κ1) is 13.2. The predicted molar refractivity (Wildman–Crippen MR) is 62.9 cm³/mol. The summed E-state index contributed by atoms with van der Waals surface area (Å²) in [5, 5.41) is 0. The Balaban J connectivity index is 3.04. The number of halogens is 1. The predicted octanol–water partition coefficient (Wildman–Crippen LogP) is 1.70. The fourth-order valence-corrected chi connectivity index (χ4v) is 1.24. The van der Waals surface area contributed by atoms with E-state index in [4.69, 9.17) is 10.5 Å². The molecular formula is C13H14FNO2. The van der Waals surface area contributed by atoms with Crippen LogP contribution in [0.4, 0.5) is 4.39 Å². The van der Waals surface area contributed by atoms with E-state index in [1.54, 1.807) is 6.92 Å². The molecule has 1 aromatic rings. The van der Waals surface area contributed by atoms with E-state index < -0.39 is 11.8 Å². The van der Waals surface area contributed by atoms with E-state index in [9.17, 15) is 9.18 Å². The highest BCUT2D eigenvalue weighted by Gasteiger charge is 2.11. The number of ether oxygens (including phenoxy) is 1. The molecule has 90 valence electrons. The molecule has 1 aromatic carbocycles. The fourth-order valence-electron chi connectivity index (χ4n) is 1.24. The van der Waals surface area contributed by atoms with Gasteiger partial charge in [-0.1, -0.05) is 11.8 Å². The summed E-state index contributed by atoms with van der Waals surface area (Å²) in [4.78, 5) is 11.6. The Labute approximate surface area is 99.8 Å².